The van der Waals surface area contributed by atoms with Crippen LogP contribution in [-0.4, -0.2) is 53.7 Å². The fraction of sp³-hybridized carbons (Fsp3) is 0.217. The van der Waals surface area contributed by atoms with Crippen LogP contribution in [0, 0.1) is 6.92 Å². The number of thioether (sulfide) groups is 1. The molecule has 0 saturated carbocycles. The summed E-state index contributed by atoms with van der Waals surface area (Å²) in [7, 11) is 1.55. The number of fused-ring (bicyclic) bond motifs is 1. The molecule has 0 radical (unpaired) electrons. The third-order valence-electron chi connectivity index (χ3n) is 5.24. The Kier molecular flexibility index (Phi) is 6.40. The molecule has 0 aromatic heterocycles. The third-order valence-corrected chi connectivity index (χ3v) is 6.69. The average Bonchev–Trinajstić information content (AvgIpc) is 3.20. The van der Waals surface area contributed by atoms with Gasteiger partial charge in [-0.2, -0.15) is 0 Å². The molecule has 0 bridgehead atoms. The predicted molar refractivity (Wildman–Crippen MR) is 129 cm³/mol. The van der Waals surface area contributed by atoms with E-state index in [0.717, 1.165) is 17.3 Å². The van der Waals surface area contributed by atoms with Gasteiger partial charge in [-0.3, -0.25) is 24.2 Å². The van der Waals surface area contributed by atoms with Gasteiger partial charge in [0.1, 0.15) is 10.9 Å². The van der Waals surface area contributed by atoms with Gasteiger partial charge >= 0.3 is 0 Å². The first kappa shape index (κ1) is 22.2. The molecule has 1 saturated heterocycles. The average molecular weight is 468 g/mol. The molecule has 2 heterocycles. The molecule has 9 heteroatoms. The molecule has 0 atom stereocenters. The number of hydrogen-bond acceptors (Lipinski definition) is 6. The quantitative estimate of drug-likeness (QED) is 0.519. The summed E-state index contributed by atoms with van der Waals surface area (Å²) in [6.07, 6.45) is 0. The highest BCUT2D eigenvalue weighted by Crippen LogP contribution is 2.44. The Hall–Kier alpha value is -3.01. The van der Waals surface area contributed by atoms with Crippen LogP contribution in [0.4, 0.5) is 11.4 Å². The van der Waals surface area contributed by atoms with E-state index in [1.165, 1.54) is 9.80 Å². The lowest BCUT2D eigenvalue weighted by Gasteiger charge is -2.17. The van der Waals surface area contributed by atoms with Crippen LogP contribution in [0.1, 0.15) is 11.1 Å². The lowest BCUT2D eigenvalue weighted by molar-refractivity contribution is -0.122. The van der Waals surface area contributed by atoms with Crippen LogP contribution in [-0.2, 0) is 19.1 Å². The highest BCUT2D eigenvalue weighted by atomic mass is 32.2. The van der Waals surface area contributed by atoms with E-state index in [1.807, 2.05) is 31.2 Å². The van der Waals surface area contributed by atoms with Crippen molar-refractivity contribution >= 4 is 63.0 Å². The van der Waals surface area contributed by atoms with Gasteiger partial charge in [0.2, 0.25) is 5.91 Å². The zero-order chi connectivity index (χ0) is 22.8. The van der Waals surface area contributed by atoms with Crippen molar-refractivity contribution in [2.75, 3.05) is 37.0 Å². The van der Waals surface area contributed by atoms with Crippen LogP contribution in [0.5, 0.6) is 0 Å². The van der Waals surface area contributed by atoms with Crippen molar-refractivity contribution in [1.29, 1.82) is 0 Å². The number of rotatable bonds is 6. The normalized spacial score (nSPS) is 17.9. The Morgan fingerprint density at radius 3 is 2.53 bits per heavy atom. The molecule has 32 heavy (non-hydrogen) atoms. The summed E-state index contributed by atoms with van der Waals surface area (Å²) in [5.41, 5.74) is 3.11. The molecule has 1 fully saturated rings. The fourth-order valence-corrected chi connectivity index (χ4v) is 5.01. The third kappa shape index (κ3) is 4.06. The number of ether oxygens (including phenoxy) is 1. The van der Waals surface area contributed by atoms with E-state index in [1.54, 1.807) is 31.4 Å². The molecule has 0 unspecified atom stereocenters. The van der Waals surface area contributed by atoms with Crippen LogP contribution in [0.2, 0.25) is 0 Å². The van der Waals surface area contributed by atoms with Crippen LogP contribution >= 0.6 is 24.0 Å². The molecule has 0 aliphatic carbocycles. The summed E-state index contributed by atoms with van der Waals surface area (Å²) in [6.45, 7) is 2.38. The number of anilines is 2. The van der Waals surface area contributed by atoms with E-state index < -0.39 is 5.91 Å². The minimum Gasteiger partial charge on any atom is -0.383 e. The van der Waals surface area contributed by atoms with Crippen LogP contribution in [0.25, 0.3) is 5.57 Å². The number of carbonyl (C=O) groups is 3. The number of para-hydroxylation sites is 2. The molecule has 2 aliphatic rings. The number of carbonyl (C=O) groups excluding carboxylic acids is 3. The van der Waals surface area contributed by atoms with Gasteiger partial charge in [-0.15, -0.1) is 0 Å². The molecule has 2 aliphatic heterocycles. The van der Waals surface area contributed by atoms with Gasteiger partial charge in [-0.1, -0.05) is 60.4 Å². The van der Waals surface area contributed by atoms with Gasteiger partial charge < -0.3 is 10.1 Å². The maximum atomic E-state index is 13.4. The van der Waals surface area contributed by atoms with Crippen LogP contribution in [0.3, 0.4) is 0 Å². The van der Waals surface area contributed by atoms with Crippen molar-refractivity contribution in [2.24, 2.45) is 0 Å². The van der Waals surface area contributed by atoms with Gasteiger partial charge in [0, 0.05) is 18.4 Å². The van der Waals surface area contributed by atoms with Gasteiger partial charge in [0.25, 0.3) is 11.8 Å². The highest BCUT2D eigenvalue weighted by molar-refractivity contribution is 8.26. The summed E-state index contributed by atoms with van der Waals surface area (Å²) >= 11 is 6.46. The Morgan fingerprint density at radius 1 is 1.06 bits per heavy atom. The van der Waals surface area contributed by atoms with E-state index in [0.29, 0.717) is 34.4 Å². The number of amides is 3. The van der Waals surface area contributed by atoms with Crippen LogP contribution in [0.15, 0.2) is 53.4 Å². The number of methoxy groups -OCH3 is 1. The van der Waals surface area contributed by atoms with E-state index >= 15 is 0 Å². The fourth-order valence-electron chi connectivity index (χ4n) is 3.63. The lowest BCUT2D eigenvalue weighted by Crippen LogP contribution is -2.36. The van der Waals surface area contributed by atoms with Crippen molar-refractivity contribution in [3.63, 3.8) is 0 Å². The zero-order valence-corrected chi connectivity index (χ0v) is 19.2. The lowest BCUT2D eigenvalue weighted by atomic mass is 10.1. The van der Waals surface area contributed by atoms with Crippen molar-refractivity contribution in [3.05, 3.63) is 64.6 Å². The summed E-state index contributed by atoms with van der Waals surface area (Å²) in [5.74, 6) is -1.03. The smallest absolute Gasteiger partial charge is 0.267 e. The number of thiocarbonyl (C=S) groups is 1. The standard InChI is InChI=1S/C23H21N3O4S2/c1-14-7-3-5-9-16(14)24-18(27)13-26-17-10-6-4-8-15(17)19(21(26)28)20-22(29)25(11-12-30-2)23(31)32-20/h3-10H,11-13H2,1-2H3,(H,24,27)/b20-19+. The first-order chi connectivity index (χ1) is 15.4. The monoisotopic (exact) mass is 467 g/mol. The second kappa shape index (κ2) is 9.23. The molecule has 1 N–H and O–H groups in total. The second-order valence-corrected chi connectivity index (χ2v) is 8.94. The summed E-state index contributed by atoms with van der Waals surface area (Å²) in [4.78, 5) is 42.3. The Bertz CT molecular complexity index is 1160. The Morgan fingerprint density at radius 2 is 1.78 bits per heavy atom. The van der Waals surface area contributed by atoms with E-state index in [9.17, 15) is 14.4 Å². The number of nitrogens with one attached hydrogen (secondary N) is 1. The number of nitrogens with zero attached hydrogens (tertiary/aromatic N) is 2. The van der Waals surface area contributed by atoms with E-state index in [2.05, 4.69) is 5.32 Å². The number of aryl methyl sites for hydroxylation is 1. The zero-order valence-electron chi connectivity index (χ0n) is 17.6. The topological polar surface area (TPSA) is 79.0 Å². The predicted octanol–water partition coefficient (Wildman–Crippen LogP) is 3.20. The maximum absolute atomic E-state index is 13.4. The Balaban J connectivity index is 1.64. The molecule has 2 aromatic carbocycles. The molecule has 164 valence electrons. The molecule has 2 aromatic rings. The molecule has 4 rings (SSSR count). The van der Waals surface area contributed by atoms with Gasteiger partial charge in [-0.05, 0) is 24.6 Å². The SMILES string of the molecule is COCCN1C(=O)/C(=C2\C(=O)N(CC(=O)Nc3ccccc3C)c3ccccc32)SC1=S. The van der Waals surface area contributed by atoms with Crippen molar-refractivity contribution in [2.45, 2.75) is 6.92 Å². The first-order valence-corrected chi connectivity index (χ1v) is 11.2. The molecular weight excluding hydrogens is 446 g/mol. The van der Waals surface area contributed by atoms with Crippen molar-refractivity contribution in [1.82, 2.24) is 4.90 Å². The maximum Gasteiger partial charge on any atom is 0.267 e. The van der Waals surface area contributed by atoms with Gasteiger partial charge in [0.15, 0.2) is 0 Å². The Labute approximate surface area is 195 Å². The second-order valence-electron chi connectivity index (χ2n) is 7.29. The molecule has 3 amide bonds. The largest absolute Gasteiger partial charge is 0.383 e. The van der Waals surface area contributed by atoms with E-state index in [-0.39, 0.29) is 28.8 Å². The summed E-state index contributed by atoms with van der Waals surface area (Å²) < 4.78 is 5.44. The van der Waals surface area contributed by atoms with Gasteiger partial charge in [0.05, 0.1) is 29.3 Å². The molecule has 7 nitrogen and oxygen atoms in total. The minimum absolute atomic E-state index is 0.169. The van der Waals surface area contributed by atoms with Crippen molar-refractivity contribution < 1.29 is 19.1 Å². The van der Waals surface area contributed by atoms with Crippen molar-refractivity contribution in [3.8, 4) is 0 Å². The highest BCUT2D eigenvalue weighted by Gasteiger charge is 2.42. The van der Waals surface area contributed by atoms with Crippen LogP contribution < -0.4 is 10.2 Å². The first-order valence-electron chi connectivity index (χ1n) is 9.96. The number of hydrogen-bond donors (Lipinski definition) is 1. The molecular formula is C23H21N3O4S2. The summed E-state index contributed by atoms with van der Waals surface area (Å²) in [6, 6.07) is 14.6. The van der Waals surface area contributed by atoms with Gasteiger partial charge in [-0.25, -0.2) is 0 Å². The summed E-state index contributed by atoms with van der Waals surface area (Å²) in [5, 5.41) is 2.85. The number of benzene rings is 2. The van der Waals surface area contributed by atoms with E-state index in [4.69, 9.17) is 17.0 Å². The minimum atomic E-state index is -0.390. The molecule has 0 spiro atoms.